The molecule has 0 bridgehead atoms. The summed E-state index contributed by atoms with van der Waals surface area (Å²) in [6.07, 6.45) is 5.86. The van der Waals surface area contributed by atoms with Crippen molar-refractivity contribution in [2.24, 2.45) is 0 Å². The second-order valence-electron chi connectivity index (χ2n) is 7.44. The van der Waals surface area contributed by atoms with Gasteiger partial charge >= 0.3 is 0 Å². The van der Waals surface area contributed by atoms with Crippen molar-refractivity contribution in [2.45, 2.75) is 19.3 Å². The predicted molar refractivity (Wildman–Crippen MR) is 117 cm³/mol. The smallest absolute Gasteiger partial charge is 0.163 e. The van der Waals surface area contributed by atoms with E-state index in [1.54, 1.807) is 13.3 Å². The zero-order chi connectivity index (χ0) is 20.1. The Kier molecular flexibility index (Phi) is 6.01. The molecule has 1 aliphatic heterocycles. The molecule has 1 aromatic heterocycles. The number of aryl methyl sites for hydroxylation is 1. The predicted octanol–water partition coefficient (Wildman–Crippen LogP) is 4.57. The Morgan fingerprint density at radius 3 is 2.69 bits per heavy atom. The van der Waals surface area contributed by atoms with Gasteiger partial charge in [-0.25, -0.2) is 0 Å². The fourth-order valence-electron chi connectivity index (χ4n) is 3.88. The first-order valence-corrected chi connectivity index (χ1v) is 10.1. The Bertz CT molecular complexity index is 968. The van der Waals surface area contributed by atoms with Crippen molar-refractivity contribution >= 4 is 11.5 Å². The number of carbonyl (C=O) groups is 1. The maximum absolute atomic E-state index is 12.5. The number of aromatic nitrogens is 1. The minimum absolute atomic E-state index is 0.170. The number of carbonyl (C=O) groups excluding carboxylic acids is 1. The molecular weight excluding hydrogens is 360 g/mol. The van der Waals surface area contributed by atoms with Crippen LogP contribution in [-0.2, 0) is 17.6 Å². The molecule has 0 fully saturated rings. The molecular formula is C25H26N2O2. The van der Waals surface area contributed by atoms with Gasteiger partial charge in [-0.2, -0.15) is 0 Å². The molecule has 0 N–H and O–H groups in total. The number of ketones is 1. The monoisotopic (exact) mass is 386 g/mol. The highest BCUT2D eigenvalue weighted by Gasteiger charge is 2.19. The van der Waals surface area contributed by atoms with Crippen LogP contribution < -0.4 is 4.90 Å². The normalized spacial score (nSPS) is 12.8. The number of hydrogen-bond acceptors (Lipinski definition) is 4. The zero-order valence-electron chi connectivity index (χ0n) is 16.8. The standard InChI is InChI=1S/C25H26N2O2/c1-29-16-15-27-14-12-23-17-22(9-10-24(23)27)20-5-7-21(8-6-20)25(28)11-4-19-3-2-13-26-18-19/h2-3,5-10,13,17-18H,4,11-12,14-16H2,1H3. The van der Waals surface area contributed by atoms with Gasteiger partial charge in [-0.1, -0.05) is 36.4 Å². The molecule has 0 unspecified atom stereocenters. The summed E-state index contributed by atoms with van der Waals surface area (Å²) in [5, 5.41) is 0. The number of hydrogen-bond donors (Lipinski definition) is 0. The molecule has 0 aliphatic carbocycles. The number of ether oxygens (including phenoxy) is 1. The number of fused-ring (bicyclic) bond motifs is 1. The highest BCUT2D eigenvalue weighted by atomic mass is 16.5. The number of nitrogens with zero attached hydrogens (tertiary/aromatic N) is 2. The fraction of sp³-hybridized carbons (Fsp3) is 0.280. The first kappa shape index (κ1) is 19.3. The van der Waals surface area contributed by atoms with Crippen LogP contribution in [0.3, 0.4) is 0 Å². The van der Waals surface area contributed by atoms with Crippen molar-refractivity contribution in [3.8, 4) is 11.1 Å². The van der Waals surface area contributed by atoms with Crippen LogP contribution in [0.15, 0.2) is 67.0 Å². The van der Waals surface area contributed by atoms with Gasteiger partial charge in [-0.05, 0) is 53.3 Å². The fourth-order valence-corrected chi connectivity index (χ4v) is 3.88. The number of Topliss-reactive ketones (excluding diaryl/α,β-unsaturated/α-hetero) is 1. The Balaban J connectivity index is 1.42. The molecule has 0 saturated carbocycles. The molecule has 1 aliphatic rings. The Morgan fingerprint density at radius 1 is 1.10 bits per heavy atom. The van der Waals surface area contributed by atoms with Gasteiger partial charge in [0.1, 0.15) is 0 Å². The summed E-state index contributed by atoms with van der Waals surface area (Å²) in [5.41, 5.74) is 6.90. The molecule has 29 heavy (non-hydrogen) atoms. The summed E-state index contributed by atoms with van der Waals surface area (Å²) in [7, 11) is 1.74. The summed E-state index contributed by atoms with van der Waals surface area (Å²) in [5.74, 6) is 0.170. The molecule has 0 atom stereocenters. The van der Waals surface area contributed by atoms with Crippen LogP contribution in [0.2, 0.25) is 0 Å². The van der Waals surface area contributed by atoms with E-state index in [2.05, 4.69) is 40.2 Å². The number of anilines is 1. The Labute approximate surface area is 172 Å². The van der Waals surface area contributed by atoms with E-state index in [0.29, 0.717) is 6.42 Å². The minimum atomic E-state index is 0.170. The van der Waals surface area contributed by atoms with E-state index in [9.17, 15) is 4.79 Å². The topological polar surface area (TPSA) is 42.4 Å². The molecule has 4 heteroatoms. The summed E-state index contributed by atoms with van der Waals surface area (Å²) < 4.78 is 5.21. The van der Waals surface area contributed by atoms with E-state index in [1.165, 1.54) is 16.8 Å². The van der Waals surface area contributed by atoms with Gasteiger partial charge in [0.05, 0.1) is 6.61 Å². The van der Waals surface area contributed by atoms with Gasteiger partial charge in [0.25, 0.3) is 0 Å². The number of benzene rings is 2. The van der Waals surface area contributed by atoms with E-state index < -0.39 is 0 Å². The Hall–Kier alpha value is -2.98. The maximum Gasteiger partial charge on any atom is 0.163 e. The first-order valence-electron chi connectivity index (χ1n) is 10.1. The third-order valence-corrected chi connectivity index (χ3v) is 5.54. The van der Waals surface area contributed by atoms with Gasteiger partial charge in [-0.15, -0.1) is 0 Å². The van der Waals surface area contributed by atoms with E-state index in [0.717, 1.165) is 49.2 Å². The molecule has 2 aromatic carbocycles. The van der Waals surface area contributed by atoms with Crippen LogP contribution in [-0.4, -0.2) is 37.6 Å². The lowest BCUT2D eigenvalue weighted by atomic mass is 9.98. The van der Waals surface area contributed by atoms with Crippen LogP contribution >= 0.6 is 0 Å². The van der Waals surface area contributed by atoms with E-state index >= 15 is 0 Å². The van der Waals surface area contributed by atoms with Crippen molar-refractivity contribution in [1.82, 2.24) is 4.98 Å². The van der Waals surface area contributed by atoms with E-state index in [4.69, 9.17) is 4.74 Å². The lowest BCUT2D eigenvalue weighted by Crippen LogP contribution is -2.24. The van der Waals surface area contributed by atoms with Crippen molar-refractivity contribution in [3.63, 3.8) is 0 Å². The maximum atomic E-state index is 12.5. The second kappa shape index (κ2) is 9.01. The zero-order valence-corrected chi connectivity index (χ0v) is 16.8. The molecule has 3 aromatic rings. The summed E-state index contributed by atoms with van der Waals surface area (Å²) >= 11 is 0. The second-order valence-corrected chi connectivity index (χ2v) is 7.44. The third-order valence-electron chi connectivity index (χ3n) is 5.54. The molecule has 2 heterocycles. The Morgan fingerprint density at radius 2 is 1.93 bits per heavy atom. The first-order chi connectivity index (χ1) is 14.2. The van der Waals surface area contributed by atoms with Crippen LogP contribution in [0.25, 0.3) is 11.1 Å². The molecule has 0 spiro atoms. The van der Waals surface area contributed by atoms with Gasteiger partial charge in [-0.3, -0.25) is 9.78 Å². The molecule has 0 saturated heterocycles. The van der Waals surface area contributed by atoms with Crippen molar-refractivity contribution in [3.05, 3.63) is 83.7 Å². The van der Waals surface area contributed by atoms with Crippen LogP contribution in [0, 0.1) is 0 Å². The summed E-state index contributed by atoms with van der Waals surface area (Å²) in [6.45, 7) is 2.72. The van der Waals surface area contributed by atoms with Crippen molar-refractivity contribution < 1.29 is 9.53 Å². The van der Waals surface area contributed by atoms with Crippen LogP contribution in [0.5, 0.6) is 0 Å². The van der Waals surface area contributed by atoms with Crippen molar-refractivity contribution in [1.29, 1.82) is 0 Å². The number of methoxy groups -OCH3 is 1. The highest BCUT2D eigenvalue weighted by molar-refractivity contribution is 5.96. The lowest BCUT2D eigenvalue weighted by molar-refractivity contribution is 0.0983. The van der Waals surface area contributed by atoms with Gasteiger partial charge < -0.3 is 9.64 Å². The summed E-state index contributed by atoms with van der Waals surface area (Å²) in [6, 6.07) is 18.6. The van der Waals surface area contributed by atoms with E-state index in [-0.39, 0.29) is 5.78 Å². The molecule has 0 amide bonds. The third kappa shape index (κ3) is 4.54. The average molecular weight is 386 g/mol. The van der Waals surface area contributed by atoms with Gasteiger partial charge in [0.2, 0.25) is 0 Å². The van der Waals surface area contributed by atoms with E-state index in [1.807, 2.05) is 30.5 Å². The number of rotatable bonds is 8. The van der Waals surface area contributed by atoms with Gasteiger partial charge in [0, 0.05) is 50.3 Å². The lowest BCUT2D eigenvalue weighted by Gasteiger charge is -2.19. The molecule has 4 rings (SSSR count). The van der Waals surface area contributed by atoms with Crippen molar-refractivity contribution in [2.75, 3.05) is 31.7 Å². The van der Waals surface area contributed by atoms with Gasteiger partial charge in [0.15, 0.2) is 5.78 Å². The molecule has 0 radical (unpaired) electrons. The molecule has 148 valence electrons. The highest BCUT2D eigenvalue weighted by Crippen LogP contribution is 2.32. The largest absolute Gasteiger partial charge is 0.383 e. The minimum Gasteiger partial charge on any atom is -0.383 e. The number of pyridine rings is 1. The SMILES string of the molecule is COCCN1CCc2cc(-c3ccc(C(=O)CCc4cccnc4)cc3)ccc21. The quantitative estimate of drug-likeness (QED) is 0.532. The average Bonchev–Trinajstić information content (AvgIpc) is 3.19. The van der Waals surface area contributed by atoms with Crippen LogP contribution in [0.1, 0.15) is 27.9 Å². The summed E-state index contributed by atoms with van der Waals surface area (Å²) in [4.78, 5) is 19.0. The van der Waals surface area contributed by atoms with Crippen LogP contribution in [0.4, 0.5) is 5.69 Å². The molecule has 4 nitrogen and oxygen atoms in total.